The predicted octanol–water partition coefficient (Wildman–Crippen LogP) is 2.18. The molecule has 1 aromatic heterocycles. The van der Waals surface area contributed by atoms with Crippen LogP contribution in [0, 0.1) is 5.21 Å². The Labute approximate surface area is 180 Å². The van der Waals surface area contributed by atoms with E-state index in [0.29, 0.717) is 21.7 Å². The molecule has 0 unspecified atom stereocenters. The van der Waals surface area contributed by atoms with Gasteiger partial charge in [-0.2, -0.15) is 4.73 Å². The number of nitrogens with zero attached hydrogens (tertiary/aromatic N) is 2. The van der Waals surface area contributed by atoms with E-state index in [0.717, 1.165) is 4.31 Å². The summed E-state index contributed by atoms with van der Waals surface area (Å²) in [5.74, 6) is -0.311. The number of para-hydroxylation sites is 1. The molecule has 1 amide bonds. The molecule has 31 heavy (non-hydrogen) atoms. The monoisotopic (exact) mass is 439 g/mol. The largest absolute Gasteiger partial charge is 0.618 e. The molecule has 0 atom stereocenters. The molecule has 0 aliphatic rings. The van der Waals surface area contributed by atoms with E-state index >= 15 is 0 Å². The number of hydrogen-bond donors (Lipinski definition) is 1. The molecule has 0 spiro atoms. The van der Waals surface area contributed by atoms with Gasteiger partial charge in [-0.3, -0.25) is 9.10 Å². The molecule has 1 heterocycles. The van der Waals surface area contributed by atoms with E-state index in [1.54, 1.807) is 54.6 Å². The molecular formula is C22H21N3O5S. The Morgan fingerprint density at radius 1 is 1.06 bits per heavy atom. The summed E-state index contributed by atoms with van der Waals surface area (Å²) in [5.41, 5.74) is 6.47. The van der Waals surface area contributed by atoms with Gasteiger partial charge in [-0.1, -0.05) is 18.2 Å². The maximum Gasteiger partial charge on any atom is 0.264 e. The SMILES string of the molecule is COc1ccc(S(=O)(=O)N(CC(N)=O)c2ccccc2/C=C/c2cccc[n+]2[O-])cc1. The molecule has 3 aromatic rings. The molecule has 2 N–H and O–H groups in total. The van der Waals surface area contributed by atoms with Gasteiger partial charge in [-0.15, -0.1) is 0 Å². The Bertz CT molecular complexity index is 1210. The number of ether oxygens (including phenoxy) is 1. The van der Waals surface area contributed by atoms with E-state index in [-0.39, 0.29) is 10.6 Å². The summed E-state index contributed by atoms with van der Waals surface area (Å²) in [5, 5.41) is 11.9. The van der Waals surface area contributed by atoms with Crippen molar-refractivity contribution in [3.8, 4) is 5.75 Å². The first-order valence-corrected chi connectivity index (χ1v) is 10.7. The maximum atomic E-state index is 13.3. The lowest BCUT2D eigenvalue weighted by Crippen LogP contribution is -2.39. The summed E-state index contributed by atoms with van der Waals surface area (Å²) in [4.78, 5) is 11.7. The average Bonchev–Trinajstić information content (AvgIpc) is 2.77. The van der Waals surface area contributed by atoms with Crippen LogP contribution in [0.3, 0.4) is 0 Å². The van der Waals surface area contributed by atoms with Crippen molar-refractivity contribution in [2.45, 2.75) is 4.90 Å². The Balaban J connectivity index is 2.07. The highest BCUT2D eigenvalue weighted by Gasteiger charge is 2.27. The van der Waals surface area contributed by atoms with Crippen molar-refractivity contribution >= 4 is 33.8 Å². The Morgan fingerprint density at radius 3 is 2.39 bits per heavy atom. The van der Waals surface area contributed by atoms with Crippen LogP contribution in [0.15, 0.2) is 77.8 Å². The molecule has 0 radical (unpaired) electrons. The normalized spacial score (nSPS) is 11.4. The van der Waals surface area contributed by atoms with Crippen LogP contribution in [0.5, 0.6) is 5.75 Å². The minimum absolute atomic E-state index is 0.0196. The smallest absolute Gasteiger partial charge is 0.264 e. The number of primary amides is 1. The number of methoxy groups -OCH3 is 1. The number of carbonyl (C=O) groups excluding carboxylic acids is 1. The maximum absolute atomic E-state index is 13.3. The van der Waals surface area contributed by atoms with Gasteiger partial charge in [0, 0.05) is 18.2 Å². The van der Waals surface area contributed by atoms with Crippen molar-refractivity contribution < 1.29 is 22.7 Å². The Morgan fingerprint density at radius 2 is 1.74 bits per heavy atom. The number of benzene rings is 2. The molecule has 9 heteroatoms. The first-order valence-electron chi connectivity index (χ1n) is 9.23. The standard InChI is InChI=1S/C22H21N3O5S/c1-30-19-11-13-20(14-12-19)31(28,29)25(16-22(23)26)21-8-3-2-6-17(21)9-10-18-7-4-5-15-24(18)27/h2-15H,16H2,1H3,(H2,23,26)/b10-9+. The molecule has 0 aliphatic carbocycles. The molecule has 0 fully saturated rings. The fraction of sp³-hybridized carbons (Fsp3) is 0.0909. The minimum Gasteiger partial charge on any atom is -0.618 e. The van der Waals surface area contributed by atoms with Crippen molar-refractivity contribution in [1.82, 2.24) is 0 Å². The van der Waals surface area contributed by atoms with Gasteiger partial charge in [0.25, 0.3) is 10.0 Å². The summed E-state index contributed by atoms with van der Waals surface area (Å²) < 4.78 is 33.4. The van der Waals surface area contributed by atoms with Crippen LogP contribution in [0.1, 0.15) is 11.3 Å². The van der Waals surface area contributed by atoms with Gasteiger partial charge in [0.1, 0.15) is 12.3 Å². The van der Waals surface area contributed by atoms with E-state index in [1.807, 2.05) is 0 Å². The first kappa shape index (κ1) is 21.8. The highest BCUT2D eigenvalue weighted by atomic mass is 32.2. The van der Waals surface area contributed by atoms with Crippen molar-refractivity contribution in [2.24, 2.45) is 5.73 Å². The summed E-state index contributed by atoms with van der Waals surface area (Å²) in [6, 6.07) is 17.4. The fourth-order valence-corrected chi connectivity index (χ4v) is 4.37. The third-order valence-electron chi connectivity index (χ3n) is 4.44. The molecule has 3 rings (SSSR count). The van der Waals surface area contributed by atoms with Crippen LogP contribution < -0.4 is 19.5 Å². The third-order valence-corrected chi connectivity index (χ3v) is 6.21. The summed E-state index contributed by atoms with van der Waals surface area (Å²) in [7, 11) is -2.64. The van der Waals surface area contributed by atoms with Crippen LogP contribution >= 0.6 is 0 Å². The van der Waals surface area contributed by atoms with Gasteiger partial charge in [0.15, 0.2) is 6.20 Å². The number of carbonyl (C=O) groups is 1. The summed E-state index contributed by atoms with van der Waals surface area (Å²) >= 11 is 0. The topological polar surface area (TPSA) is 117 Å². The van der Waals surface area contributed by atoms with Gasteiger partial charge in [0.05, 0.1) is 17.7 Å². The second kappa shape index (κ2) is 9.31. The van der Waals surface area contributed by atoms with Gasteiger partial charge in [-0.05, 0) is 48.0 Å². The zero-order valence-corrected chi connectivity index (χ0v) is 17.5. The van der Waals surface area contributed by atoms with E-state index in [1.165, 1.54) is 37.6 Å². The predicted molar refractivity (Wildman–Crippen MR) is 117 cm³/mol. The lowest BCUT2D eigenvalue weighted by molar-refractivity contribution is -0.607. The van der Waals surface area contributed by atoms with Gasteiger partial charge in [0.2, 0.25) is 11.6 Å². The minimum atomic E-state index is -4.11. The Kier molecular flexibility index (Phi) is 6.56. The van der Waals surface area contributed by atoms with E-state index in [9.17, 15) is 18.4 Å². The Hall–Kier alpha value is -3.85. The van der Waals surface area contributed by atoms with E-state index in [2.05, 4.69) is 0 Å². The van der Waals surface area contributed by atoms with Crippen LogP contribution in [0.25, 0.3) is 12.2 Å². The van der Waals surface area contributed by atoms with Gasteiger partial charge in [-0.25, -0.2) is 8.42 Å². The molecule has 0 saturated heterocycles. The highest BCUT2D eigenvalue weighted by molar-refractivity contribution is 7.92. The van der Waals surface area contributed by atoms with Crippen molar-refractivity contribution in [3.63, 3.8) is 0 Å². The summed E-state index contributed by atoms with van der Waals surface area (Å²) in [6.07, 6.45) is 4.53. The zero-order valence-electron chi connectivity index (χ0n) is 16.7. The van der Waals surface area contributed by atoms with Gasteiger partial charge < -0.3 is 15.7 Å². The number of pyridine rings is 1. The number of rotatable bonds is 8. The van der Waals surface area contributed by atoms with Crippen LogP contribution in [-0.4, -0.2) is 28.0 Å². The van der Waals surface area contributed by atoms with Crippen molar-refractivity contribution in [3.05, 3.63) is 89.4 Å². The highest BCUT2D eigenvalue weighted by Crippen LogP contribution is 2.29. The van der Waals surface area contributed by atoms with Crippen LogP contribution in [-0.2, 0) is 14.8 Å². The molecular weight excluding hydrogens is 418 g/mol. The van der Waals surface area contributed by atoms with Crippen molar-refractivity contribution in [1.29, 1.82) is 0 Å². The second-order valence-corrected chi connectivity index (χ2v) is 8.36. The number of sulfonamides is 1. The lowest BCUT2D eigenvalue weighted by Gasteiger charge is -2.25. The number of hydrogen-bond acceptors (Lipinski definition) is 5. The number of nitrogens with two attached hydrogens (primary N) is 1. The second-order valence-electron chi connectivity index (χ2n) is 6.50. The summed E-state index contributed by atoms with van der Waals surface area (Å²) in [6.45, 7) is -0.549. The molecule has 160 valence electrons. The van der Waals surface area contributed by atoms with Crippen LogP contribution in [0.2, 0.25) is 0 Å². The fourth-order valence-electron chi connectivity index (χ4n) is 2.92. The lowest BCUT2D eigenvalue weighted by atomic mass is 10.1. The molecule has 2 aromatic carbocycles. The van der Waals surface area contributed by atoms with Crippen LogP contribution in [0.4, 0.5) is 5.69 Å². The third kappa shape index (κ3) is 5.01. The van der Waals surface area contributed by atoms with Gasteiger partial charge >= 0.3 is 0 Å². The molecule has 0 aliphatic heterocycles. The number of aromatic nitrogens is 1. The molecule has 0 saturated carbocycles. The molecule has 0 bridgehead atoms. The van der Waals surface area contributed by atoms with Crippen molar-refractivity contribution in [2.75, 3.05) is 18.0 Å². The zero-order chi connectivity index (χ0) is 22.4. The number of anilines is 1. The average molecular weight is 439 g/mol. The molecule has 8 nitrogen and oxygen atoms in total. The van der Waals surface area contributed by atoms with E-state index in [4.69, 9.17) is 10.5 Å². The quantitative estimate of drug-likeness (QED) is 0.426. The van der Waals surface area contributed by atoms with E-state index < -0.39 is 22.5 Å². The number of amides is 1. The first-order chi connectivity index (χ1) is 14.8.